The lowest BCUT2D eigenvalue weighted by atomic mass is 9.85. The molecule has 2 fully saturated rings. The Morgan fingerprint density at radius 3 is 2.50 bits per heavy atom. The topological polar surface area (TPSA) is 79.2 Å². The van der Waals surface area contributed by atoms with E-state index in [4.69, 9.17) is 4.74 Å². The van der Waals surface area contributed by atoms with E-state index in [9.17, 15) is 14.7 Å². The minimum Gasteiger partial charge on any atom is -0.504 e. The summed E-state index contributed by atoms with van der Waals surface area (Å²) in [5.74, 6) is -0.278. The third kappa shape index (κ3) is 2.36. The highest BCUT2D eigenvalue weighted by molar-refractivity contribution is 6.06. The Balaban J connectivity index is 1.61. The molecular weight excluding hydrogens is 332 g/mol. The van der Waals surface area contributed by atoms with Gasteiger partial charge in [0.05, 0.1) is 25.2 Å². The predicted octanol–water partition coefficient (Wildman–Crippen LogP) is 2.27. The Hall–Kier alpha value is -2.89. The Morgan fingerprint density at radius 1 is 1.27 bits per heavy atom. The lowest BCUT2D eigenvalue weighted by molar-refractivity contribution is -0.140. The minimum absolute atomic E-state index is 0.0510. The number of benzene rings is 1. The molecule has 26 heavy (non-hydrogen) atoms. The van der Waals surface area contributed by atoms with Gasteiger partial charge in [0, 0.05) is 5.56 Å². The molecule has 0 spiro atoms. The summed E-state index contributed by atoms with van der Waals surface area (Å²) in [5, 5.41) is 15.3. The van der Waals surface area contributed by atoms with Gasteiger partial charge in [-0.05, 0) is 42.4 Å². The molecule has 2 amide bonds. The van der Waals surface area contributed by atoms with E-state index in [-0.39, 0.29) is 41.2 Å². The normalized spacial score (nSPS) is 29.0. The van der Waals surface area contributed by atoms with Crippen LogP contribution in [0.1, 0.15) is 17.5 Å². The number of phenolic OH excluding ortho intramolecular Hbond substituents is 1. The molecule has 1 heterocycles. The van der Waals surface area contributed by atoms with Crippen LogP contribution in [-0.4, -0.2) is 35.3 Å². The summed E-state index contributed by atoms with van der Waals surface area (Å²) in [6.07, 6.45) is 8.59. The van der Waals surface area contributed by atoms with Gasteiger partial charge in [-0.2, -0.15) is 10.1 Å². The van der Waals surface area contributed by atoms with Crippen molar-refractivity contribution in [3.63, 3.8) is 0 Å². The van der Waals surface area contributed by atoms with Crippen LogP contribution >= 0.6 is 0 Å². The lowest BCUT2D eigenvalue weighted by Crippen LogP contribution is -2.28. The van der Waals surface area contributed by atoms with Crippen molar-refractivity contribution < 1.29 is 19.4 Å². The zero-order chi connectivity index (χ0) is 18.4. The van der Waals surface area contributed by atoms with Gasteiger partial charge >= 0.3 is 0 Å². The smallest absolute Gasteiger partial charge is 0.254 e. The number of fused-ring (bicyclic) bond motifs is 5. The van der Waals surface area contributed by atoms with Gasteiger partial charge in [-0.3, -0.25) is 9.59 Å². The van der Waals surface area contributed by atoms with Crippen molar-refractivity contribution in [1.82, 2.24) is 5.01 Å². The molecule has 3 aliphatic rings. The summed E-state index contributed by atoms with van der Waals surface area (Å²) >= 11 is 0. The van der Waals surface area contributed by atoms with Crippen molar-refractivity contribution in [2.24, 2.45) is 28.8 Å². The summed E-state index contributed by atoms with van der Waals surface area (Å²) in [6, 6.07) is 3.35. The highest BCUT2D eigenvalue weighted by Crippen LogP contribution is 2.52. The number of ether oxygens (including phenoxy) is 1. The molecule has 1 saturated carbocycles. The molecule has 0 aromatic heterocycles. The summed E-state index contributed by atoms with van der Waals surface area (Å²) < 4.78 is 5.18. The zero-order valence-electron chi connectivity index (χ0n) is 14.5. The first-order valence-corrected chi connectivity index (χ1v) is 8.66. The molecule has 4 atom stereocenters. The number of hydrogen-bond acceptors (Lipinski definition) is 5. The largest absolute Gasteiger partial charge is 0.504 e. The van der Waals surface area contributed by atoms with E-state index in [1.165, 1.54) is 13.3 Å². The minimum atomic E-state index is -0.264. The molecular formula is C20H20N2O4. The number of hydrogen-bond donors (Lipinski definition) is 1. The number of methoxy groups -OCH3 is 1. The van der Waals surface area contributed by atoms with Gasteiger partial charge in [0.1, 0.15) is 0 Å². The SMILES string of the molecule is C=CCc1cc(C=NN2C(=O)[C@@H]3[C@H](C2=O)[C@H]2C=C[C@H]3C2)cc(OC)c1O. The molecule has 6 nitrogen and oxygen atoms in total. The summed E-state index contributed by atoms with van der Waals surface area (Å²) in [6.45, 7) is 3.67. The second-order valence-electron chi connectivity index (χ2n) is 6.96. The molecule has 2 bridgehead atoms. The molecule has 4 rings (SSSR count). The van der Waals surface area contributed by atoms with E-state index in [0.717, 1.165) is 11.4 Å². The predicted molar refractivity (Wildman–Crippen MR) is 95.7 cm³/mol. The number of aromatic hydroxyl groups is 1. The monoisotopic (exact) mass is 352 g/mol. The van der Waals surface area contributed by atoms with Crippen LogP contribution in [0.3, 0.4) is 0 Å². The maximum absolute atomic E-state index is 12.6. The molecule has 2 aliphatic carbocycles. The summed E-state index contributed by atoms with van der Waals surface area (Å²) in [7, 11) is 1.46. The van der Waals surface area contributed by atoms with Crippen LogP contribution in [0.2, 0.25) is 0 Å². The number of amides is 2. The molecule has 1 aliphatic heterocycles. The second-order valence-corrected chi connectivity index (χ2v) is 6.96. The first-order chi connectivity index (χ1) is 12.5. The number of carbonyl (C=O) groups excluding carboxylic acids is 2. The lowest BCUT2D eigenvalue weighted by Gasteiger charge is -2.13. The van der Waals surface area contributed by atoms with E-state index in [2.05, 4.69) is 23.8 Å². The van der Waals surface area contributed by atoms with Crippen LogP contribution in [0.15, 0.2) is 42.0 Å². The fraction of sp³-hybridized carbons (Fsp3) is 0.350. The van der Waals surface area contributed by atoms with Gasteiger partial charge in [0.15, 0.2) is 11.5 Å². The zero-order valence-corrected chi connectivity index (χ0v) is 14.5. The molecule has 134 valence electrons. The van der Waals surface area contributed by atoms with Gasteiger partial charge in [-0.1, -0.05) is 18.2 Å². The second kappa shape index (κ2) is 6.12. The molecule has 1 aromatic carbocycles. The van der Waals surface area contributed by atoms with Crippen molar-refractivity contribution >= 4 is 18.0 Å². The van der Waals surface area contributed by atoms with Crippen LogP contribution in [-0.2, 0) is 16.0 Å². The number of allylic oxidation sites excluding steroid dienone is 3. The number of nitrogens with zero attached hydrogens (tertiary/aromatic N) is 2. The molecule has 1 saturated heterocycles. The standard InChI is InChI=1S/C20H20N2O4/c1-3-4-14-7-11(8-15(26-2)18(14)23)10-21-22-19(24)16-12-5-6-13(9-12)17(16)20(22)25/h3,5-8,10,12-13,16-17,23H,1,4,9H2,2H3/t12-,13-,16-,17+/m0/s1. The third-order valence-corrected chi connectivity index (χ3v) is 5.53. The van der Waals surface area contributed by atoms with Crippen molar-refractivity contribution in [2.75, 3.05) is 7.11 Å². The molecule has 0 radical (unpaired) electrons. The number of rotatable bonds is 5. The maximum Gasteiger partial charge on any atom is 0.254 e. The van der Waals surface area contributed by atoms with Crippen molar-refractivity contribution in [3.05, 3.63) is 48.1 Å². The van der Waals surface area contributed by atoms with Crippen LogP contribution in [0.4, 0.5) is 0 Å². The molecule has 0 unspecified atom stereocenters. The highest BCUT2D eigenvalue weighted by atomic mass is 16.5. The Bertz CT molecular complexity index is 828. The van der Waals surface area contributed by atoms with E-state index < -0.39 is 0 Å². The van der Waals surface area contributed by atoms with Gasteiger partial charge in [-0.25, -0.2) is 0 Å². The molecule has 1 N–H and O–H groups in total. The van der Waals surface area contributed by atoms with E-state index in [1.54, 1.807) is 18.2 Å². The average molecular weight is 352 g/mol. The van der Waals surface area contributed by atoms with Crippen LogP contribution in [0, 0.1) is 23.7 Å². The first kappa shape index (κ1) is 16.6. The number of hydrazone groups is 1. The van der Waals surface area contributed by atoms with Crippen LogP contribution in [0.25, 0.3) is 0 Å². The Labute approximate surface area is 151 Å². The number of imide groups is 1. The Morgan fingerprint density at radius 2 is 1.92 bits per heavy atom. The van der Waals surface area contributed by atoms with E-state index in [1.807, 2.05) is 0 Å². The van der Waals surface area contributed by atoms with Crippen molar-refractivity contribution in [1.29, 1.82) is 0 Å². The summed E-state index contributed by atoms with van der Waals surface area (Å²) in [4.78, 5) is 25.3. The fourth-order valence-electron chi connectivity index (χ4n) is 4.36. The van der Waals surface area contributed by atoms with Gasteiger partial charge in [0.25, 0.3) is 11.8 Å². The number of carbonyl (C=O) groups is 2. The first-order valence-electron chi connectivity index (χ1n) is 8.66. The highest BCUT2D eigenvalue weighted by Gasteiger charge is 2.59. The maximum atomic E-state index is 12.6. The summed E-state index contributed by atoms with van der Waals surface area (Å²) in [5.41, 5.74) is 1.27. The van der Waals surface area contributed by atoms with Gasteiger partial charge in [-0.15, -0.1) is 6.58 Å². The average Bonchev–Trinajstić information content (AvgIpc) is 3.30. The quantitative estimate of drug-likeness (QED) is 0.501. The van der Waals surface area contributed by atoms with E-state index >= 15 is 0 Å². The molecule has 6 heteroatoms. The molecule has 1 aromatic rings. The Kier molecular flexibility index (Phi) is 3.90. The van der Waals surface area contributed by atoms with Crippen LogP contribution in [0.5, 0.6) is 11.5 Å². The van der Waals surface area contributed by atoms with Crippen molar-refractivity contribution in [3.8, 4) is 11.5 Å². The van der Waals surface area contributed by atoms with Gasteiger partial charge < -0.3 is 9.84 Å². The van der Waals surface area contributed by atoms with E-state index in [0.29, 0.717) is 23.3 Å². The number of phenols is 1. The fourth-order valence-corrected chi connectivity index (χ4v) is 4.36. The van der Waals surface area contributed by atoms with Crippen LogP contribution < -0.4 is 4.74 Å². The van der Waals surface area contributed by atoms with Gasteiger partial charge in [0.2, 0.25) is 0 Å². The van der Waals surface area contributed by atoms with Crippen molar-refractivity contribution in [2.45, 2.75) is 12.8 Å². The third-order valence-electron chi connectivity index (χ3n) is 5.53.